The predicted molar refractivity (Wildman–Crippen MR) is 74.3 cm³/mol. The van der Waals surface area contributed by atoms with Gasteiger partial charge in [-0.3, -0.25) is 9.59 Å². The summed E-state index contributed by atoms with van der Waals surface area (Å²) >= 11 is 0. The number of Topliss-reactive ketones (excluding diaryl/α,β-unsaturated/α-hetero) is 1. The average Bonchev–Trinajstić information content (AvgIpc) is 2.69. The van der Waals surface area contributed by atoms with E-state index in [0.29, 0.717) is 11.4 Å². The highest BCUT2D eigenvalue weighted by molar-refractivity contribution is 5.97. The normalized spacial score (nSPS) is 10.6. The molecule has 0 spiro atoms. The van der Waals surface area contributed by atoms with Gasteiger partial charge < -0.3 is 9.30 Å². The maximum Gasteiger partial charge on any atom is 0.267 e. The third kappa shape index (κ3) is 2.49. The summed E-state index contributed by atoms with van der Waals surface area (Å²) in [6.45, 7) is 3.71. The van der Waals surface area contributed by atoms with Crippen molar-refractivity contribution in [2.24, 2.45) is 7.05 Å². The molecule has 0 aliphatic carbocycles. The average molecular weight is 275 g/mol. The molecule has 0 atom stereocenters. The summed E-state index contributed by atoms with van der Waals surface area (Å²) < 4.78 is 8.01. The van der Waals surface area contributed by atoms with Crippen LogP contribution in [0.3, 0.4) is 0 Å². The lowest BCUT2D eigenvalue weighted by Crippen LogP contribution is -2.26. The number of aryl methyl sites for hydroxylation is 1. The van der Waals surface area contributed by atoms with Crippen LogP contribution in [0.4, 0.5) is 0 Å². The maximum absolute atomic E-state index is 12.3. The first-order valence-corrected chi connectivity index (χ1v) is 6.22. The number of aromatic nitrogens is 3. The molecule has 0 aliphatic heterocycles. The van der Waals surface area contributed by atoms with Crippen molar-refractivity contribution < 1.29 is 9.53 Å². The number of ether oxygens (including phenoxy) is 1. The summed E-state index contributed by atoms with van der Waals surface area (Å²) in [5.74, 6) is 0.160. The molecule has 0 amide bonds. The number of carbonyl (C=O) groups is 1. The van der Waals surface area contributed by atoms with Gasteiger partial charge in [-0.25, -0.2) is 4.68 Å². The number of hydrogen-bond donors (Lipinski definition) is 0. The van der Waals surface area contributed by atoms with Crippen LogP contribution in [-0.4, -0.2) is 27.2 Å². The Morgan fingerprint density at radius 1 is 1.35 bits per heavy atom. The molecule has 0 saturated carbocycles. The van der Waals surface area contributed by atoms with Crippen molar-refractivity contribution in [3.8, 4) is 5.88 Å². The number of carbonyl (C=O) groups excluding carboxylic acids is 1. The zero-order valence-electron chi connectivity index (χ0n) is 12.0. The van der Waals surface area contributed by atoms with E-state index in [9.17, 15) is 9.59 Å². The van der Waals surface area contributed by atoms with Crippen LogP contribution in [-0.2, 0) is 13.6 Å². The quantitative estimate of drug-likeness (QED) is 0.783. The summed E-state index contributed by atoms with van der Waals surface area (Å²) in [6.07, 6.45) is 0. The van der Waals surface area contributed by atoms with Crippen LogP contribution in [0, 0.1) is 13.8 Å². The van der Waals surface area contributed by atoms with Gasteiger partial charge in [-0.05, 0) is 19.9 Å². The van der Waals surface area contributed by atoms with Crippen LogP contribution in [0.15, 0.2) is 23.0 Å². The van der Waals surface area contributed by atoms with Crippen molar-refractivity contribution in [1.82, 2.24) is 14.3 Å². The zero-order valence-corrected chi connectivity index (χ0v) is 12.0. The van der Waals surface area contributed by atoms with Crippen LogP contribution in [0.2, 0.25) is 0 Å². The Labute approximate surface area is 116 Å². The molecule has 106 valence electrons. The summed E-state index contributed by atoms with van der Waals surface area (Å²) in [7, 11) is 3.36. The fourth-order valence-electron chi connectivity index (χ4n) is 2.01. The van der Waals surface area contributed by atoms with E-state index in [2.05, 4.69) is 5.10 Å². The van der Waals surface area contributed by atoms with Crippen molar-refractivity contribution in [1.29, 1.82) is 0 Å². The molecule has 0 bridgehead atoms. The fourth-order valence-corrected chi connectivity index (χ4v) is 2.01. The van der Waals surface area contributed by atoms with E-state index < -0.39 is 0 Å². The Hall–Kier alpha value is -2.37. The minimum absolute atomic E-state index is 0.0969. The standard InChI is InChI=1S/C14H17N3O3/c1-9-7-11(10(2)16(9)3)12(18)8-17-14(19)6-5-13(15-17)20-4/h5-7H,8H2,1-4H3. The highest BCUT2D eigenvalue weighted by atomic mass is 16.5. The van der Waals surface area contributed by atoms with Crippen LogP contribution >= 0.6 is 0 Å². The molecular weight excluding hydrogens is 258 g/mol. The second-order valence-electron chi connectivity index (χ2n) is 4.64. The van der Waals surface area contributed by atoms with E-state index in [-0.39, 0.29) is 17.9 Å². The molecule has 0 fully saturated rings. The highest BCUT2D eigenvalue weighted by Gasteiger charge is 2.15. The Balaban J connectivity index is 2.32. The van der Waals surface area contributed by atoms with Gasteiger partial charge in [-0.1, -0.05) is 0 Å². The maximum atomic E-state index is 12.3. The summed E-state index contributed by atoms with van der Waals surface area (Å²) in [4.78, 5) is 24.0. The second-order valence-corrected chi connectivity index (χ2v) is 4.64. The predicted octanol–water partition coefficient (Wildman–Crippen LogP) is 1.09. The van der Waals surface area contributed by atoms with Gasteiger partial charge in [0.2, 0.25) is 5.88 Å². The lowest BCUT2D eigenvalue weighted by Gasteiger charge is -2.06. The van der Waals surface area contributed by atoms with E-state index in [1.165, 1.54) is 19.2 Å². The molecular formula is C14H17N3O3. The molecule has 2 rings (SSSR count). The van der Waals surface area contributed by atoms with E-state index in [1.54, 1.807) is 0 Å². The lowest BCUT2D eigenvalue weighted by molar-refractivity contribution is 0.0964. The Morgan fingerprint density at radius 3 is 2.60 bits per heavy atom. The first-order chi connectivity index (χ1) is 9.43. The SMILES string of the molecule is COc1ccc(=O)n(CC(=O)c2cc(C)n(C)c2C)n1. The van der Waals surface area contributed by atoms with Gasteiger partial charge in [0.1, 0.15) is 6.54 Å². The van der Waals surface area contributed by atoms with E-state index in [0.717, 1.165) is 16.1 Å². The lowest BCUT2D eigenvalue weighted by atomic mass is 10.1. The van der Waals surface area contributed by atoms with Gasteiger partial charge in [-0.2, -0.15) is 0 Å². The number of hydrogen-bond acceptors (Lipinski definition) is 4. The Bertz CT molecular complexity index is 713. The molecule has 0 N–H and O–H groups in total. The summed E-state index contributed by atoms with van der Waals surface area (Å²) in [6, 6.07) is 4.63. The van der Waals surface area contributed by atoms with Crippen LogP contribution < -0.4 is 10.3 Å². The number of methoxy groups -OCH3 is 1. The second kappa shape index (κ2) is 5.32. The first kappa shape index (κ1) is 14.0. The molecule has 0 saturated heterocycles. The molecule has 6 heteroatoms. The van der Waals surface area contributed by atoms with Crippen LogP contribution in [0.1, 0.15) is 21.7 Å². The largest absolute Gasteiger partial charge is 0.480 e. The van der Waals surface area contributed by atoms with Gasteiger partial charge in [-0.15, -0.1) is 5.10 Å². The molecule has 0 radical (unpaired) electrons. The van der Waals surface area contributed by atoms with Crippen molar-refractivity contribution in [3.63, 3.8) is 0 Å². The Kier molecular flexibility index (Phi) is 3.74. The van der Waals surface area contributed by atoms with Crippen LogP contribution in [0.5, 0.6) is 5.88 Å². The third-order valence-corrected chi connectivity index (χ3v) is 3.42. The van der Waals surface area contributed by atoms with Gasteiger partial charge in [0.25, 0.3) is 5.56 Å². The van der Waals surface area contributed by atoms with Crippen molar-refractivity contribution in [2.45, 2.75) is 20.4 Å². The van der Waals surface area contributed by atoms with E-state index >= 15 is 0 Å². The Morgan fingerprint density at radius 2 is 2.05 bits per heavy atom. The van der Waals surface area contributed by atoms with Crippen molar-refractivity contribution >= 4 is 5.78 Å². The minimum atomic E-state index is -0.329. The molecule has 0 aromatic carbocycles. The van der Waals surface area contributed by atoms with Gasteiger partial charge in [0, 0.05) is 36.1 Å². The topological polar surface area (TPSA) is 66.1 Å². The third-order valence-electron chi connectivity index (χ3n) is 3.42. The summed E-state index contributed by atoms with van der Waals surface area (Å²) in [5, 5.41) is 3.97. The van der Waals surface area contributed by atoms with E-state index in [1.807, 2.05) is 31.5 Å². The summed E-state index contributed by atoms with van der Waals surface area (Å²) in [5.41, 5.74) is 2.16. The zero-order chi connectivity index (χ0) is 14.9. The highest BCUT2D eigenvalue weighted by Crippen LogP contribution is 2.14. The minimum Gasteiger partial charge on any atom is -0.480 e. The van der Waals surface area contributed by atoms with E-state index in [4.69, 9.17) is 4.74 Å². The van der Waals surface area contributed by atoms with Gasteiger partial charge in [0.15, 0.2) is 5.78 Å². The van der Waals surface area contributed by atoms with Gasteiger partial charge in [0.05, 0.1) is 7.11 Å². The molecule has 2 aromatic rings. The van der Waals surface area contributed by atoms with Crippen molar-refractivity contribution in [2.75, 3.05) is 7.11 Å². The molecule has 20 heavy (non-hydrogen) atoms. The number of rotatable bonds is 4. The molecule has 2 aromatic heterocycles. The number of nitrogens with zero attached hydrogens (tertiary/aromatic N) is 3. The number of ketones is 1. The fraction of sp³-hybridized carbons (Fsp3) is 0.357. The monoisotopic (exact) mass is 275 g/mol. The molecule has 6 nitrogen and oxygen atoms in total. The first-order valence-electron chi connectivity index (χ1n) is 6.22. The van der Waals surface area contributed by atoms with Gasteiger partial charge >= 0.3 is 0 Å². The molecule has 0 aliphatic rings. The van der Waals surface area contributed by atoms with Crippen LogP contribution in [0.25, 0.3) is 0 Å². The molecule has 2 heterocycles. The van der Waals surface area contributed by atoms with Crippen molar-refractivity contribution in [3.05, 3.63) is 45.5 Å². The smallest absolute Gasteiger partial charge is 0.267 e. The molecule has 0 unspecified atom stereocenters.